The Morgan fingerprint density at radius 3 is 2.35 bits per heavy atom. The Morgan fingerprint density at radius 2 is 1.70 bits per heavy atom. The lowest BCUT2D eigenvalue weighted by atomic mass is 9.95. The molecule has 10 heteroatoms. The maximum Gasteiger partial charge on any atom is 0.420 e. The molecule has 1 aromatic heterocycles. The largest absolute Gasteiger partial charge is 0.485 e. The summed E-state index contributed by atoms with van der Waals surface area (Å²) in [6.45, 7) is 4.61. The van der Waals surface area contributed by atoms with Gasteiger partial charge in [-0.05, 0) is 29.8 Å². The fraction of sp³-hybridized carbons (Fsp3) is 0.233. The monoisotopic (exact) mass is 546 g/mol. The van der Waals surface area contributed by atoms with Crippen LogP contribution in [-0.4, -0.2) is 35.3 Å². The average Bonchev–Trinajstić information content (AvgIpc) is 3.42. The number of anilines is 1. The van der Waals surface area contributed by atoms with Crippen LogP contribution in [0.2, 0.25) is 0 Å². The van der Waals surface area contributed by atoms with Crippen molar-refractivity contribution >= 4 is 17.8 Å². The fourth-order valence-electron chi connectivity index (χ4n) is 4.17. The topological polar surface area (TPSA) is 111 Å². The molecule has 5 rings (SSSR count). The van der Waals surface area contributed by atoms with E-state index in [1.807, 2.05) is 44.2 Å². The van der Waals surface area contributed by atoms with E-state index in [1.54, 1.807) is 30.3 Å². The highest BCUT2D eigenvalue weighted by Gasteiger charge is 2.34. The van der Waals surface area contributed by atoms with Gasteiger partial charge in [-0.3, -0.25) is 4.79 Å². The molecule has 206 valence electrons. The van der Waals surface area contributed by atoms with Gasteiger partial charge in [-0.25, -0.2) is 9.18 Å². The molecule has 0 unspecified atom stereocenters. The first kappa shape index (κ1) is 27.0. The van der Waals surface area contributed by atoms with Gasteiger partial charge in [0, 0.05) is 16.5 Å². The number of rotatable bonds is 7. The number of hydrogen-bond acceptors (Lipinski definition) is 7. The van der Waals surface area contributed by atoms with Crippen LogP contribution in [0.4, 0.5) is 15.0 Å². The average molecular weight is 547 g/mol. The molecule has 3 aromatic carbocycles. The summed E-state index contributed by atoms with van der Waals surface area (Å²) in [5.74, 6) is -2.21. The summed E-state index contributed by atoms with van der Waals surface area (Å²) in [5.41, 5.74) is 0.997. The van der Waals surface area contributed by atoms with Crippen molar-refractivity contribution in [3.05, 3.63) is 102 Å². The van der Waals surface area contributed by atoms with Gasteiger partial charge >= 0.3 is 6.09 Å². The lowest BCUT2D eigenvalue weighted by molar-refractivity contribution is -0.226. The summed E-state index contributed by atoms with van der Waals surface area (Å²) in [7, 11) is 0. The van der Waals surface area contributed by atoms with Crippen molar-refractivity contribution < 1.29 is 37.7 Å². The third-order valence-electron chi connectivity index (χ3n) is 6.19. The van der Waals surface area contributed by atoms with Crippen LogP contribution in [0.15, 0.2) is 83.5 Å². The van der Waals surface area contributed by atoms with E-state index < -0.39 is 24.1 Å². The highest BCUT2D eigenvalue weighted by molar-refractivity contribution is 6.18. The van der Waals surface area contributed by atoms with Crippen molar-refractivity contribution in [1.29, 1.82) is 0 Å². The molecule has 1 aliphatic heterocycles. The molecule has 0 spiro atoms. The van der Waals surface area contributed by atoms with Gasteiger partial charge < -0.3 is 23.7 Å². The number of nitrogens with zero attached hydrogens (tertiary/aromatic N) is 2. The Balaban J connectivity index is 1.49. The molecule has 9 nitrogen and oxygen atoms in total. The Kier molecular flexibility index (Phi) is 7.63. The number of halogens is 1. The van der Waals surface area contributed by atoms with Gasteiger partial charge in [0.2, 0.25) is 5.89 Å². The molecule has 1 aliphatic rings. The normalized spacial score (nSPS) is 15.0. The maximum absolute atomic E-state index is 15.6. The molecule has 4 aromatic rings. The van der Waals surface area contributed by atoms with Gasteiger partial charge in [0.15, 0.2) is 23.7 Å². The molecule has 1 saturated heterocycles. The van der Waals surface area contributed by atoms with Gasteiger partial charge in [0.1, 0.15) is 12.9 Å². The van der Waals surface area contributed by atoms with E-state index in [0.717, 1.165) is 17.9 Å². The van der Waals surface area contributed by atoms with Crippen LogP contribution in [0, 0.1) is 11.2 Å². The number of oxazole rings is 1. The molecule has 0 atom stereocenters. The van der Waals surface area contributed by atoms with Crippen molar-refractivity contribution in [3.8, 4) is 17.2 Å². The quantitative estimate of drug-likeness (QED) is 0.281. The zero-order chi connectivity index (χ0) is 28.3. The third kappa shape index (κ3) is 5.88. The van der Waals surface area contributed by atoms with Crippen LogP contribution in [0.5, 0.6) is 5.75 Å². The number of benzene rings is 3. The van der Waals surface area contributed by atoms with Crippen LogP contribution in [0.25, 0.3) is 11.5 Å². The number of carboxylic acid groups (broad SMARTS) is 1. The molecule has 2 amide bonds. The SMILES string of the molecule is CC1(C)COC(c2cc(C(=O)N(C(=O)O)c3coc(-c4ccccc4)n3)cc(F)c2OCc2ccccc2)OC1. The third-order valence-corrected chi connectivity index (χ3v) is 6.19. The molecule has 2 heterocycles. The molecule has 0 saturated carbocycles. The van der Waals surface area contributed by atoms with Gasteiger partial charge in [-0.1, -0.05) is 62.4 Å². The van der Waals surface area contributed by atoms with Crippen LogP contribution in [0.1, 0.15) is 41.6 Å². The van der Waals surface area contributed by atoms with Gasteiger partial charge in [-0.2, -0.15) is 9.88 Å². The number of carbonyl (C=O) groups excluding carboxylic acids is 1. The Bertz CT molecular complexity index is 1500. The van der Waals surface area contributed by atoms with E-state index in [9.17, 15) is 14.7 Å². The van der Waals surface area contributed by atoms with Crippen molar-refractivity contribution in [2.45, 2.75) is 26.7 Å². The number of carbonyl (C=O) groups is 2. The number of aromatic nitrogens is 1. The van der Waals surface area contributed by atoms with Gasteiger partial charge in [0.05, 0.1) is 18.8 Å². The summed E-state index contributed by atoms with van der Waals surface area (Å²) >= 11 is 0. The number of hydrogen-bond donors (Lipinski definition) is 1. The van der Waals surface area contributed by atoms with Crippen LogP contribution >= 0.6 is 0 Å². The van der Waals surface area contributed by atoms with E-state index in [2.05, 4.69) is 4.98 Å². The second-order valence-electron chi connectivity index (χ2n) is 10.1. The van der Waals surface area contributed by atoms with E-state index in [1.165, 1.54) is 6.07 Å². The fourth-order valence-corrected chi connectivity index (χ4v) is 4.17. The predicted octanol–water partition coefficient (Wildman–Crippen LogP) is 6.46. The molecule has 40 heavy (non-hydrogen) atoms. The van der Waals surface area contributed by atoms with Crippen LogP contribution in [0.3, 0.4) is 0 Å². The highest BCUT2D eigenvalue weighted by Crippen LogP contribution is 2.38. The van der Waals surface area contributed by atoms with Crippen molar-refractivity contribution in [3.63, 3.8) is 0 Å². The first-order valence-electron chi connectivity index (χ1n) is 12.5. The second-order valence-corrected chi connectivity index (χ2v) is 10.1. The van der Waals surface area contributed by atoms with Gasteiger partial charge in [0.25, 0.3) is 5.91 Å². The maximum atomic E-state index is 15.6. The van der Waals surface area contributed by atoms with E-state index in [0.29, 0.717) is 23.7 Å². The van der Waals surface area contributed by atoms with Crippen LogP contribution < -0.4 is 9.64 Å². The second kappa shape index (κ2) is 11.3. The van der Waals surface area contributed by atoms with E-state index in [-0.39, 0.29) is 40.6 Å². The summed E-state index contributed by atoms with van der Waals surface area (Å²) in [4.78, 5) is 30.2. The minimum absolute atomic E-state index is 0.0543. The number of imide groups is 1. The van der Waals surface area contributed by atoms with Gasteiger partial charge in [-0.15, -0.1) is 0 Å². The molecule has 0 bridgehead atoms. The Labute approximate surface area is 229 Å². The predicted molar refractivity (Wildman–Crippen MR) is 142 cm³/mol. The first-order chi connectivity index (χ1) is 19.2. The summed E-state index contributed by atoms with van der Waals surface area (Å²) in [6, 6.07) is 20.2. The van der Waals surface area contributed by atoms with E-state index in [4.69, 9.17) is 18.6 Å². The Morgan fingerprint density at radius 1 is 1.05 bits per heavy atom. The van der Waals surface area contributed by atoms with E-state index >= 15 is 4.39 Å². The zero-order valence-corrected chi connectivity index (χ0v) is 21.9. The lowest BCUT2D eigenvalue weighted by Crippen LogP contribution is -2.36. The minimum Gasteiger partial charge on any atom is -0.485 e. The highest BCUT2D eigenvalue weighted by atomic mass is 19.1. The van der Waals surface area contributed by atoms with Crippen LogP contribution in [-0.2, 0) is 16.1 Å². The minimum atomic E-state index is -1.61. The summed E-state index contributed by atoms with van der Waals surface area (Å²) in [5, 5.41) is 9.90. The van der Waals surface area contributed by atoms with Crippen molar-refractivity contribution in [2.75, 3.05) is 18.1 Å². The molecular weight excluding hydrogens is 519 g/mol. The summed E-state index contributed by atoms with van der Waals surface area (Å²) < 4.78 is 38.6. The Hall–Kier alpha value is -4.54. The molecular formula is C30H27FN2O7. The number of ether oxygens (including phenoxy) is 3. The summed E-state index contributed by atoms with van der Waals surface area (Å²) in [6.07, 6.45) is -1.59. The molecule has 0 radical (unpaired) electrons. The first-order valence-corrected chi connectivity index (χ1v) is 12.5. The van der Waals surface area contributed by atoms with Crippen molar-refractivity contribution in [1.82, 2.24) is 4.98 Å². The van der Waals surface area contributed by atoms with Crippen molar-refractivity contribution in [2.24, 2.45) is 5.41 Å². The lowest BCUT2D eigenvalue weighted by Gasteiger charge is -2.35. The molecule has 1 N–H and O–H groups in total. The molecule has 1 fully saturated rings. The zero-order valence-electron chi connectivity index (χ0n) is 21.9. The smallest absolute Gasteiger partial charge is 0.420 e. The standard InChI is InChI=1S/C30H27FN2O7/c1-30(2)17-39-28(40-18-30)22-13-21(14-23(31)25(22)37-15-19-9-5-3-6-10-19)27(34)33(29(35)36)24-16-38-26(32-24)20-11-7-4-8-12-20/h3-14,16,28H,15,17-18H2,1-2H3,(H,35,36). The number of amides is 2. The molecule has 0 aliphatic carbocycles.